The molecule has 0 fully saturated rings. The van der Waals surface area contributed by atoms with Crippen LogP contribution in [0.4, 0.5) is 0 Å². The lowest BCUT2D eigenvalue weighted by Gasteiger charge is -2.01. The topological polar surface area (TPSA) is 75.6 Å². The molecule has 16 heavy (non-hydrogen) atoms. The summed E-state index contributed by atoms with van der Waals surface area (Å²) in [5, 5.41) is 13.2. The van der Waals surface area contributed by atoms with Crippen LogP contribution in [0.5, 0.6) is 0 Å². The molecule has 0 saturated heterocycles. The molecule has 0 atom stereocenters. The molecule has 0 aliphatic rings. The van der Waals surface area contributed by atoms with E-state index in [1.165, 1.54) is 6.20 Å². The van der Waals surface area contributed by atoms with E-state index in [2.05, 4.69) is 20.6 Å². The summed E-state index contributed by atoms with van der Waals surface area (Å²) in [6, 6.07) is 0. The van der Waals surface area contributed by atoms with Crippen LogP contribution in [0.1, 0.15) is 16.1 Å². The minimum Gasteiger partial charge on any atom is -0.346 e. The van der Waals surface area contributed by atoms with E-state index in [0.29, 0.717) is 11.6 Å². The number of H-pyrrole nitrogens is 1. The quantitative estimate of drug-likeness (QED) is 0.829. The van der Waals surface area contributed by atoms with Gasteiger partial charge in [-0.25, -0.2) is 0 Å². The van der Waals surface area contributed by atoms with E-state index in [0.717, 1.165) is 5.56 Å². The van der Waals surface area contributed by atoms with Crippen LogP contribution in [0, 0.1) is 0 Å². The number of carbonyl (C=O) groups is 1. The molecule has 0 radical (unpaired) electrons. The number of carbonyl (C=O) groups excluding carboxylic acids is 1. The third-order valence-corrected chi connectivity index (χ3v) is 2.32. The van der Waals surface area contributed by atoms with Crippen molar-refractivity contribution in [3.05, 3.63) is 34.9 Å². The van der Waals surface area contributed by atoms with Crippen molar-refractivity contribution in [1.29, 1.82) is 0 Å². The summed E-state index contributed by atoms with van der Waals surface area (Å²) in [6.07, 6.45) is 4.91. The fraction of sp³-hybridized carbons (Fsp3) is 0.222. The maximum atomic E-state index is 11.6. The SMILES string of the molecule is Cn1cc(CNC(=O)c2[nH]ncc2Cl)cn1. The maximum Gasteiger partial charge on any atom is 0.271 e. The number of hydrogen-bond donors (Lipinski definition) is 2. The van der Waals surface area contributed by atoms with Crippen molar-refractivity contribution in [3.63, 3.8) is 0 Å². The van der Waals surface area contributed by atoms with Gasteiger partial charge in [-0.3, -0.25) is 14.6 Å². The first-order valence-electron chi connectivity index (χ1n) is 4.61. The number of rotatable bonds is 3. The van der Waals surface area contributed by atoms with E-state index < -0.39 is 0 Å². The van der Waals surface area contributed by atoms with Gasteiger partial charge in [-0.2, -0.15) is 10.2 Å². The highest BCUT2D eigenvalue weighted by atomic mass is 35.5. The van der Waals surface area contributed by atoms with Gasteiger partial charge >= 0.3 is 0 Å². The van der Waals surface area contributed by atoms with Gasteiger partial charge in [-0.15, -0.1) is 0 Å². The molecule has 0 bridgehead atoms. The van der Waals surface area contributed by atoms with Crippen LogP contribution in [0.15, 0.2) is 18.6 Å². The zero-order chi connectivity index (χ0) is 11.5. The van der Waals surface area contributed by atoms with Crippen molar-refractivity contribution in [2.75, 3.05) is 0 Å². The summed E-state index contributed by atoms with van der Waals surface area (Å²) in [5.41, 5.74) is 1.19. The number of halogens is 1. The average molecular weight is 240 g/mol. The Morgan fingerprint density at radius 3 is 3.00 bits per heavy atom. The summed E-state index contributed by atoms with van der Waals surface area (Å²) >= 11 is 5.75. The fourth-order valence-corrected chi connectivity index (χ4v) is 1.44. The number of hydrogen-bond acceptors (Lipinski definition) is 3. The molecule has 0 unspecified atom stereocenters. The summed E-state index contributed by atoms with van der Waals surface area (Å²) in [6.45, 7) is 0.405. The van der Waals surface area contributed by atoms with Gasteiger partial charge in [0, 0.05) is 25.4 Å². The van der Waals surface area contributed by atoms with E-state index in [9.17, 15) is 4.79 Å². The Kier molecular flexibility index (Phi) is 2.91. The minimum atomic E-state index is -0.286. The Hall–Kier alpha value is -1.82. The molecule has 2 N–H and O–H groups in total. The van der Waals surface area contributed by atoms with Crippen LogP contribution in [0.2, 0.25) is 5.02 Å². The molecular formula is C9H10ClN5O. The molecule has 0 aliphatic heterocycles. The highest BCUT2D eigenvalue weighted by molar-refractivity contribution is 6.33. The van der Waals surface area contributed by atoms with Gasteiger partial charge in [-0.1, -0.05) is 11.6 Å². The summed E-state index contributed by atoms with van der Waals surface area (Å²) in [4.78, 5) is 11.6. The van der Waals surface area contributed by atoms with E-state index >= 15 is 0 Å². The summed E-state index contributed by atoms with van der Waals surface area (Å²) in [7, 11) is 1.82. The molecule has 0 aliphatic carbocycles. The molecule has 2 aromatic rings. The molecule has 2 rings (SSSR count). The van der Waals surface area contributed by atoms with Crippen LogP contribution in [0.25, 0.3) is 0 Å². The van der Waals surface area contributed by atoms with E-state index in [1.807, 2.05) is 13.2 Å². The van der Waals surface area contributed by atoms with Crippen molar-refractivity contribution in [1.82, 2.24) is 25.3 Å². The zero-order valence-electron chi connectivity index (χ0n) is 8.57. The first kappa shape index (κ1) is 10.7. The van der Waals surface area contributed by atoms with Crippen molar-refractivity contribution in [3.8, 4) is 0 Å². The molecular weight excluding hydrogens is 230 g/mol. The lowest BCUT2D eigenvalue weighted by Crippen LogP contribution is -2.23. The second-order valence-electron chi connectivity index (χ2n) is 3.30. The van der Waals surface area contributed by atoms with Gasteiger partial charge in [0.05, 0.1) is 17.4 Å². The standard InChI is InChI=1S/C9H10ClN5O/c1-15-5-6(3-13-15)2-11-9(16)8-7(10)4-12-14-8/h3-5H,2H2,1H3,(H,11,16)(H,12,14). The Morgan fingerprint density at radius 2 is 2.44 bits per heavy atom. The highest BCUT2D eigenvalue weighted by Gasteiger charge is 2.11. The Morgan fingerprint density at radius 1 is 1.62 bits per heavy atom. The van der Waals surface area contributed by atoms with E-state index in [1.54, 1.807) is 10.9 Å². The second kappa shape index (κ2) is 4.36. The largest absolute Gasteiger partial charge is 0.346 e. The normalized spacial score (nSPS) is 10.4. The number of nitrogens with zero attached hydrogens (tertiary/aromatic N) is 3. The molecule has 0 aromatic carbocycles. The zero-order valence-corrected chi connectivity index (χ0v) is 9.32. The molecule has 6 nitrogen and oxygen atoms in total. The number of nitrogens with one attached hydrogen (secondary N) is 2. The predicted octanol–water partition coefficient (Wildman–Crippen LogP) is 0.727. The molecule has 0 saturated carbocycles. The Balaban J connectivity index is 1.96. The van der Waals surface area contributed by atoms with Crippen LogP contribution in [-0.2, 0) is 13.6 Å². The number of aromatic amines is 1. The Labute approximate surface area is 96.6 Å². The van der Waals surface area contributed by atoms with Crippen LogP contribution in [0.3, 0.4) is 0 Å². The van der Waals surface area contributed by atoms with Crippen LogP contribution in [-0.4, -0.2) is 25.9 Å². The lowest BCUT2D eigenvalue weighted by molar-refractivity contribution is 0.0946. The molecule has 2 heterocycles. The van der Waals surface area contributed by atoms with Gasteiger partial charge in [0.1, 0.15) is 5.69 Å². The van der Waals surface area contributed by atoms with Gasteiger partial charge in [0.15, 0.2) is 0 Å². The summed E-state index contributed by atoms with van der Waals surface area (Å²) in [5.74, 6) is -0.286. The second-order valence-corrected chi connectivity index (χ2v) is 3.71. The molecule has 2 aromatic heterocycles. The van der Waals surface area contributed by atoms with Gasteiger partial charge in [0.25, 0.3) is 5.91 Å². The number of aryl methyl sites for hydroxylation is 1. The lowest BCUT2D eigenvalue weighted by atomic mass is 10.3. The predicted molar refractivity (Wildman–Crippen MR) is 58.0 cm³/mol. The molecule has 1 amide bonds. The van der Waals surface area contributed by atoms with Crippen molar-refractivity contribution >= 4 is 17.5 Å². The van der Waals surface area contributed by atoms with E-state index in [-0.39, 0.29) is 11.6 Å². The first-order chi connectivity index (χ1) is 7.66. The molecule has 0 spiro atoms. The monoisotopic (exact) mass is 239 g/mol. The third-order valence-electron chi connectivity index (χ3n) is 2.03. The van der Waals surface area contributed by atoms with Gasteiger partial charge in [0.2, 0.25) is 0 Å². The van der Waals surface area contributed by atoms with Crippen LogP contribution >= 0.6 is 11.6 Å². The van der Waals surface area contributed by atoms with Crippen molar-refractivity contribution in [2.45, 2.75) is 6.54 Å². The van der Waals surface area contributed by atoms with Crippen molar-refractivity contribution < 1.29 is 4.79 Å². The highest BCUT2D eigenvalue weighted by Crippen LogP contribution is 2.11. The van der Waals surface area contributed by atoms with E-state index in [4.69, 9.17) is 11.6 Å². The molecule has 7 heteroatoms. The first-order valence-corrected chi connectivity index (χ1v) is 4.99. The number of aromatic nitrogens is 4. The Bertz CT molecular complexity index is 503. The fourth-order valence-electron chi connectivity index (χ4n) is 1.26. The van der Waals surface area contributed by atoms with Crippen LogP contribution < -0.4 is 5.32 Å². The van der Waals surface area contributed by atoms with Crippen molar-refractivity contribution in [2.24, 2.45) is 7.05 Å². The van der Waals surface area contributed by atoms with Gasteiger partial charge in [-0.05, 0) is 0 Å². The minimum absolute atomic E-state index is 0.269. The smallest absolute Gasteiger partial charge is 0.271 e. The number of amides is 1. The average Bonchev–Trinajstić information content (AvgIpc) is 2.84. The third kappa shape index (κ3) is 2.22. The molecule has 84 valence electrons. The maximum absolute atomic E-state index is 11.6. The summed E-state index contributed by atoms with van der Waals surface area (Å²) < 4.78 is 1.67. The van der Waals surface area contributed by atoms with Gasteiger partial charge < -0.3 is 5.32 Å².